The maximum Gasteiger partial charge on any atom is 0.198 e. The van der Waals surface area contributed by atoms with Gasteiger partial charge in [0.05, 0.1) is 5.25 Å². The Morgan fingerprint density at radius 1 is 1.45 bits per heavy atom. The quantitative estimate of drug-likeness (QED) is 0.664. The van der Waals surface area contributed by atoms with Gasteiger partial charge in [-0.15, -0.1) is 0 Å². The zero-order valence-corrected chi connectivity index (χ0v) is 14.0. The number of H-pyrrole nitrogens is 1. The normalized spacial score (nSPS) is 34.7. The third kappa shape index (κ3) is 1.82. The molecular weight excluding hydrogens is 288 g/mol. The summed E-state index contributed by atoms with van der Waals surface area (Å²) in [6, 6.07) is 1.98. The topological polar surface area (TPSA) is 45.8 Å². The number of thioether (sulfide) groups is 1. The van der Waals surface area contributed by atoms with Gasteiger partial charge in [-0.2, -0.15) is 0 Å². The molecule has 0 aromatic carbocycles. The molecule has 0 amide bonds. The second kappa shape index (κ2) is 4.41. The number of hydrogen-bond donors (Lipinski definition) is 1. The Bertz CT molecular complexity index is 637. The van der Waals surface area contributed by atoms with E-state index in [2.05, 4.69) is 30.7 Å². The zero-order chi connectivity index (χ0) is 14.7. The first-order valence-electron chi connectivity index (χ1n) is 7.04. The minimum Gasteiger partial charge on any atom is -0.335 e. The number of hydrogen-bond acceptors (Lipinski definition) is 4. The number of rotatable bonds is 2. The number of carbonyl (C=O) groups excluding carboxylic acids is 1. The Morgan fingerprint density at radius 3 is 2.70 bits per heavy atom. The van der Waals surface area contributed by atoms with E-state index in [0.717, 1.165) is 23.6 Å². The smallest absolute Gasteiger partial charge is 0.198 e. The highest BCUT2D eigenvalue weighted by molar-refractivity contribution is 8.00. The molecule has 2 fully saturated rings. The van der Waals surface area contributed by atoms with Crippen LogP contribution in [0, 0.1) is 28.4 Å². The fourth-order valence-electron chi connectivity index (χ4n) is 3.91. The summed E-state index contributed by atoms with van der Waals surface area (Å²) in [6.45, 7) is 8.74. The van der Waals surface area contributed by atoms with Crippen LogP contribution in [0.3, 0.4) is 0 Å². The van der Waals surface area contributed by atoms with Crippen LogP contribution < -0.4 is 0 Å². The number of nitrogens with zero attached hydrogens (tertiary/aromatic N) is 1. The lowest BCUT2D eigenvalue weighted by Crippen LogP contribution is -2.35. The molecule has 1 aromatic heterocycles. The molecule has 0 aliphatic heterocycles. The van der Waals surface area contributed by atoms with E-state index < -0.39 is 0 Å². The molecule has 1 N–H and O–H groups in total. The molecule has 0 saturated heterocycles. The Balaban J connectivity index is 1.96. The molecule has 1 aromatic rings. The Labute approximate surface area is 129 Å². The first-order valence-corrected chi connectivity index (χ1v) is 8.33. The summed E-state index contributed by atoms with van der Waals surface area (Å²) in [5.74, 6) is 0.622. The van der Waals surface area contributed by atoms with Crippen LogP contribution in [0.15, 0.2) is 11.1 Å². The van der Waals surface area contributed by atoms with Gasteiger partial charge in [-0.1, -0.05) is 32.5 Å². The SMILES string of the molecule is Cc1cc(S[C@H]2C(=O)[C@H]3CC[C@@]2(C)C3(C)C)nc(=S)[nH]1. The standard InChI is InChI=1S/C15H20N2OS2/c1-8-7-10(17-13(19)16-8)20-12-11(18)9-5-6-15(12,4)14(9,2)3/h7,9,12H,5-6H2,1-4H3,(H,16,17,19)/t9-,12+,15-/m1/s1. The van der Waals surface area contributed by atoms with Crippen molar-refractivity contribution >= 4 is 29.8 Å². The summed E-state index contributed by atoms with van der Waals surface area (Å²) in [5.41, 5.74) is 1.15. The molecule has 2 aliphatic rings. The fourth-order valence-corrected chi connectivity index (χ4v) is 5.82. The number of aromatic nitrogens is 2. The summed E-state index contributed by atoms with van der Waals surface area (Å²) in [4.78, 5) is 20.1. The lowest BCUT2D eigenvalue weighted by molar-refractivity contribution is -0.122. The van der Waals surface area contributed by atoms with Gasteiger partial charge in [-0.05, 0) is 48.9 Å². The van der Waals surface area contributed by atoms with Crippen molar-refractivity contribution in [2.24, 2.45) is 16.7 Å². The number of aryl methyl sites for hydroxylation is 1. The van der Waals surface area contributed by atoms with Gasteiger partial charge in [0, 0.05) is 11.6 Å². The van der Waals surface area contributed by atoms with Crippen molar-refractivity contribution in [2.75, 3.05) is 0 Å². The number of fused-ring (bicyclic) bond motifs is 2. The molecule has 3 atom stereocenters. The number of ketones is 1. The average Bonchev–Trinajstić information content (AvgIpc) is 2.62. The second-order valence-corrected chi connectivity index (χ2v) is 8.35. The van der Waals surface area contributed by atoms with Gasteiger partial charge >= 0.3 is 0 Å². The number of carbonyl (C=O) groups is 1. The average molecular weight is 308 g/mol. The molecule has 0 spiro atoms. The maximum absolute atomic E-state index is 12.7. The summed E-state index contributed by atoms with van der Waals surface area (Å²) < 4.78 is 0.493. The highest BCUT2D eigenvalue weighted by atomic mass is 32.2. The maximum atomic E-state index is 12.7. The molecule has 0 unspecified atom stereocenters. The Kier molecular flexibility index (Phi) is 3.14. The molecule has 1 heterocycles. The van der Waals surface area contributed by atoms with Gasteiger partial charge in [-0.25, -0.2) is 4.98 Å². The predicted molar refractivity (Wildman–Crippen MR) is 83.4 cm³/mol. The summed E-state index contributed by atoms with van der Waals surface area (Å²) in [5, 5.41) is 0.883. The van der Waals surface area contributed by atoms with Crippen molar-refractivity contribution in [2.45, 2.75) is 50.8 Å². The highest BCUT2D eigenvalue weighted by Crippen LogP contribution is 2.67. The van der Waals surface area contributed by atoms with Gasteiger partial charge < -0.3 is 4.98 Å². The monoisotopic (exact) mass is 308 g/mol. The van der Waals surface area contributed by atoms with Gasteiger partial charge in [0.25, 0.3) is 0 Å². The van der Waals surface area contributed by atoms with Crippen LogP contribution in [0.4, 0.5) is 0 Å². The van der Waals surface area contributed by atoms with Crippen LogP contribution in [-0.2, 0) is 4.79 Å². The molecule has 5 heteroatoms. The first-order chi connectivity index (χ1) is 9.25. The summed E-state index contributed by atoms with van der Waals surface area (Å²) >= 11 is 6.74. The molecule has 20 heavy (non-hydrogen) atoms. The Morgan fingerprint density at radius 2 is 2.15 bits per heavy atom. The van der Waals surface area contributed by atoms with Crippen molar-refractivity contribution in [1.82, 2.24) is 9.97 Å². The van der Waals surface area contributed by atoms with Gasteiger partial charge in [0.2, 0.25) is 0 Å². The van der Waals surface area contributed by atoms with Gasteiger partial charge in [0.15, 0.2) is 4.77 Å². The minimum absolute atomic E-state index is 0.0138. The van der Waals surface area contributed by atoms with Crippen molar-refractivity contribution < 1.29 is 4.79 Å². The van der Waals surface area contributed by atoms with E-state index in [1.807, 2.05) is 13.0 Å². The number of aromatic amines is 1. The van der Waals surface area contributed by atoms with Crippen molar-refractivity contribution in [3.63, 3.8) is 0 Å². The molecule has 2 aliphatic carbocycles. The third-order valence-corrected chi connectivity index (χ3v) is 7.20. The minimum atomic E-state index is 0.0138. The molecule has 108 valence electrons. The highest BCUT2D eigenvalue weighted by Gasteiger charge is 2.66. The summed E-state index contributed by atoms with van der Waals surface area (Å²) in [6.07, 6.45) is 2.17. The van der Waals surface area contributed by atoms with Crippen LogP contribution in [0.5, 0.6) is 0 Å². The number of nitrogens with one attached hydrogen (secondary N) is 1. The molecule has 0 radical (unpaired) electrons. The van der Waals surface area contributed by atoms with E-state index in [0.29, 0.717) is 10.6 Å². The van der Waals surface area contributed by atoms with Crippen molar-refractivity contribution in [3.05, 3.63) is 16.5 Å². The van der Waals surface area contributed by atoms with E-state index in [1.54, 1.807) is 11.8 Å². The van der Waals surface area contributed by atoms with E-state index in [1.165, 1.54) is 0 Å². The molecule has 2 saturated carbocycles. The van der Waals surface area contributed by atoms with Crippen LogP contribution in [-0.4, -0.2) is 21.0 Å². The van der Waals surface area contributed by atoms with E-state index in [4.69, 9.17) is 12.2 Å². The largest absolute Gasteiger partial charge is 0.335 e. The van der Waals surface area contributed by atoms with Crippen LogP contribution >= 0.6 is 24.0 Å². The molecule has 3 nitrogen and oxygen atoms in total. The van der Waals surface area contributed by atoms with Gasteiger partial charge in [-0.3, -0.25) is 4.79 Å². The van der Waals surface area contributed by atoms with Crippen LogP contribution in [0.25, 0.3) is 0 Å². The van der Waals surface area contributed by atoms with Crippen molar-refractivity contribution in [1.29, 1.82) is 0 Å². The lowest BCUT2D eigenvalue weighted by Gasteiger charge is -2.37. The van der Waals surface area contributed by atoms with E-state index in [-0.39, 0.29) is 22.0 Å². The second-order valence-electron chi connectivity index (χ2n) is 6.84. The third-order valence-electron chi connectivity index (χ3n) is 5.57. The zero-order valence-electron chi connectivity index (χ0n) is 12.3. The lowest BCUT2D eigenvalue weighted by atomic mass is 9.71. The summed E-state index contributed by atoms with van der Waals surface area (Å²) in [7, 11) is 0. The molecule has 2 bridgehead atoms. The van der Waals surface area contributed by atoms with Crippen LogP contribution in [0.1, 0.15) is 39.3 Å². The van der Waals surface area contributed by atoms with Gasteiger partial charge in [0.1, 0.15) is 10.8 Å². The Hall–Kier alpha value is -0.680. The van der Waals surface area contributed by atoms with E-state index in [9.17, 15) is 4.79 Å². The fraction of sp³-hybridized carbons (Fsp3) is 0.667. The number of Topliss-reactive ketones (excluding diaryl/α,β-unsaturated/α-hetero) is 1. The van der Waals surface area contributed by atoms with Crippen molar-refractivity contribution in [3.8, 4) is 0 Å². The van der Waals surface area contributed by atoms with Crippen LogP contribution in [0.2, 0.25) is 0 Å². The predicted octanol–water partition coefficient (Wildman–Crippen LogP) is 3.93. The molecule has 3 rings (SSSR count). The van der Waals surface area contributed by atoms with E-state index >= 15 is 0 Å². The molecular formula is C15H20N2OS2. The first kappa shape index (κ1) is 14.3.